The van der Waals surface area contributed by atoms with Gasteiger partial charge < -0.3 is 4.74 Å². The fraction of sp³-hybridized carbons (Fsp3) is 0.0769. The van der Waals surface area contributed by atoms with Crippen LogP contribution in [-0.2, 0) is 4.74 Å². The van der Waals surface area contributed by atoms with Crippen molar-refractivity contribution in [2.24, 2.45) is 0 Å². The molecule has 3 aromatic rings. The molecule has 1 aromatic carbocycles. The van der Waals surface area contributed by atoms with E-state index in [4.69, 9.17) is 0 Å². The van der Waals surface area contributed by atoms with Crippen LogP contribution in [0.1, 0.15) is 10.4 Å². The van der Waals surface area contributed by atoms with Crippen LogP contribution in [0.25, 0.3) is 22.4 Å². The number of aromatic nitrogens is 4. The smallest absolute Gasteiger partial charge is 0.340 e. The van der Waals surface area contributed by atoms with Crippen molar-refractivity contribution >= 4 is 17.1 Å². The summed E-state index contributed by atoms with van der Waals surface area (Å²) in [5, 5.41) is 10.2. The average Bonchev–Trinajstić information content (AvgIpc) is 2.94. The summed E-state index contributed by atoms with van der Waals surface area (Å²) in [5.74, 6) is -1.37. The summed E-state index contributed by atoms with van der Waals surface area (Å²) >= 11 is 0. The number of hydrogen-bond acceptors (Lipinski definition) is 5. The van der Waals surface area contributed by atoms with Crippen molar-refractivity contribution in [3.05, 3.63) is 41.7 Å². The third-order valence-corrected chi connectivity index (χ3v) is 2.85. The van der Waals surface area contributed by atoms with E-state index >= 15 is 0 Å². The molecule has 100 valence electrons. The van der Waals surface area contributed by atoms with Crippen LogP contribution in [0, 0.1) is 5.82 Å². The second-order valence-corrected chi connectivity index (χ2v) is 4.05. The predicted molar refractivity (Wildman–Crippen MR) is 68.4 cm³/mol. The SMILES string of the molecule is COC(=O)c1cc(-c2ccc3n[nH]nc3n2)ccc1F. The number of aromatic amines is 1. The van der Waals surface area contributed by atoms with Crippen LogP contribution < -0.4 is 0 Å². The van der Waals surface area contributed by atoms with Gasteiger partial charge in [-0.15, -0.1) is 5.10 Å². The Morgan fingerprint density at radius 2 is 2.10 bits per heavy atom. The highest BCUT2D eigenvalue weighted by Gasteiger charge is 2.14. The van der Waals surface area contributed by atoms with Crippen LogP contribution in [-0.4, -0.2) is 33.5 Å². The molecule has 2 heterocycles. The first-order valence-electron chi connectivity index (χ1n) is 5.75. The summed E-state index contributed by atoms with van der Waals surface area (Å²) in [6.07, 6.45) is 0. The van der Waals surface area contributed by atoms with Gasteiger partial charge in [0.25, 0.3) is 0 Å². The second-order valence-electron chi connectivity index (χ2n) is 4.05. The van der Waals surface area contributed by atoms with E-state index in [2.05, 4.69) is 25.1 Å². The van der Waals surface area contributed by atoms with Crippen molar-refractivity contribution in [3.8, 4) is 11.3 Å². The van der Waals surface area contributed by atoms with Gasteiger partial charge in [-0.2, -0.15) is 10.3 Å². The number of nitrogens with zero attached hydrogens (tertiary/aromatic N) is 3. The molecule has 0 fully saturated rings. The van der Waals surface area contributed by atoms with Gasteiger partial charge in [-0.25, -0.2) is 14.2 Å². The van der Waals surface area contributed by atoms with E-state index in [0.717, 1.165) is 0 Å². The number of hydrogen-bond donors (Lipinski definition) is 1. The maximum Gasteiger partial charge on any atom is 0.340 e. The Hall–Kier alpha value is -2.83. The normalized spacial score (nSPS) is 10.7. The molecule has 0 aliphatic heterocycles. The lowest BCUT2D eigenvalue weighted by Gasteiger charge is -2.05. The van der Waals surface area contributed by atoms with Crippen molar-refractivity contribution in [2.45, 2.75) is 0 Å². The molecule has 0 radical (unpaired) electrons. The molecule has 0 aliphatic carbocycles. The highest BCUT2D eigenvalue weighted by molar-refractivity contribution is 5.91. The van der Waals surface area contributed by atoms with E-state index in [-0.39, 0.29) is 5.56 Å². The van der Waals surface area contributed by atoms with E-state index in [1.165, 1.54) is 25.3 Å². The van der Waals surface area contributed by atoms with Gasteiger partial charge in [-0.3, -0.25) is 0 Å². The zero-order valence-corrected chi connectivity index (χ0v) is 10.4. The van der Waals surface area contributed by atoms with E-state index < -0.39 is 11.8 Å². The summed E-state index contributed by atoms with van der Waals surface area (Å²) in [6, 6.07) is 7.60. The summed E-state index contributed by atoms with van der Waals surface area (Å²) in [6.45, 7) is 0. The first-order chi connectivity index (χ1) is 9.69. The fourth-order valence-corrected chi connectivity index (χ4v) is 1.85. The number of methoxy groups -OCH3 is 1. The van der Waals surface area contributed by atoms with E-state index in [1.54, 1.807) is 12.1 Å². The lowest BCUT2D eigenvalue weighted by Crippen LogP contribution is -2.04. The Morgan fingerprint density at radius 1 is 1.25 bits per heavy atom. The Kier molecular flexibility index (Phi) is 2.86. The van der Waals surface area contributed by atoms with Crippen LogP contribution in [0.4, 0.5) is 4.39 Å². The number of pyridine rings is 1. The van der Waals surface area contributed by atoms with E-state index in [9.17, 15) is 9.18 Å². The summed E-state index contributed by atoms with van der Waals surface area (Å²) in [4.78, 5) is 15.8. The number of H-pyrrole nitrogens is 1. The first-order valence-corrected chi connectivity index (χ1v) is 5.75. The zero-order chi connectivity index (χ0) is 14.1. The number of rotatable bonds is 2. The Bertz CT molecular complexity index is 800. The monoisotopic (exact) mass is 272 g/mol. The van der Waals surface area contributed by atoms with Crippen LogP contribution in [0.15, 0.2) is 30.3 Å². The Morgan fingerprint density at radius 3 is 2.90 bits per heavy atom. The number of esters is 1. The molecule has 20 heavy (non-hydrogen) atoms. The van der Waals surface area contributed by atoms with Gasteiger partial charge in [0, 0.05) is 5.56 Å². The fourth-order valence-electron chi connectivity index (χ4n) is 1.85. The van der Waals surface area contributed by atoms with E-state index in [0.29, 0.717) is 22.4 Å². The minimum absolute atomic E-state index is 0.132. The van der Waals surface area contributed by atoms with Crippen molar-refractivity contribution in [3.63, 3.8) is 0 Å². The van der Waals surface area contributed by atoms with E-state index in [1.807, 2.05) is 0 Å². The number of nitrogens with one attached hydrogen (secondary N) is 1. The molecular formula is C13H9FN4O2. The standard InChI is InChI=1S/C13H9FN4O2/c1-20-13(19)8-6-7(2-3-9(8)14)10-4-5-11-12(15-10)17-18-16-11/h2-6H,1H3,(H,15,16,17,18). The molecule has 6 nitrogen and oxygen atoms in total. The number of carbonyl (C=O) groups excluding carboxylic acids is 1. The maximum atomic E-state index is 13.6. The molecular weight excluding hydrogens is 263 g/mol. The van der Waals surface area contributed by atoms with Crippen molar-refractivity contribution in [1.29, 1.82) is 0 Å². The largest absolute Gasteiger partial charge is 0.465 e. The quantitative estimate of drug-likeness (QED) is 0.721. The average molecular weight is 272 g/mol. The molecule has 0 atom stereocenters. The molecule has 3 rings (SSSR count). The lowest BCUT2D eigenvalue weighted by molar-refractivity contribution is 0.0595. The molecule has 1 N–H and O–H groups in total. The number of halogens is 1. The highest BCUT2D eigenvalue weighted by atomic mass is 19.1. The highest BCUT2D eigenvalue weighted by Crippen LogP contribution is 2.22. The van der Waals surface area contributed by atoms with Gasteiger partial charge in [0.05, 0.1) is 18.4 Å². The lowest BCUT2D eigenvalue weighted by atomic mass is 10.1. The number of carbonyl (C=O) groups is 1. The minimum Gasteiger partial charge on any atom is -0.465 e. The van der Waals surface area contributed by atoms with Crippen LogP contribution in [0.2, 0.25) is 0 Å². The molecule has 2 aromatic heterocycles. The number of benzene rings is 1. The molecule has 0 aliphatic rings. The minimum atomic E-state index is -0.730. The third kappa shape index (κ3) is 1.99. The third-order valence-electron chi connectivity index (χ3n) is 2.85. The topological polar surface area (TPSA) is 80.8 Å². The molecule has 0 bridgehead atoms. The molecule has 0 saturated heterocycles. The Labute approximate surface area is 112 Å². The van der Waals surface area contributed by atoms with Crippen LogP contribution >= 0.6 is 0 Å². The van der Waals surface area contributed by atoms with Crippen LogP contribution in [0.3, 0.4) is 0 Å². The first kappa shape index (κ1) is 12.2. The molecule has 0 saturated carbocycles. The van der Waals surface area contributed by atoms with Crippen molar-refractivity contribution in [2.75, 3.05) is 7.11 Å². The molecule has 7 heteroatoms. The van der Waals surface area contributed by atoms with Crippen molar-refractivity contribution < 1.29 is 13.9 Å². The zero-order valence-electron chi connectivity index (χ0n) is 10.4. The van der Waals surface area contributed by atoms with Crippen LogP contribution in [0.5, 0.6) is 0 Å². The summed E-state index contributed by atoms with van der Waals surface area (Å²) in [5.41, 5.74) is 2.11. The number of ether oxygens (including phenoxy) is 1. The molecule has 0 unspecified atom stereocenters. The van der Waals surface area contributed by atoms with Gasteiger partial charge in [-0.05, 0) is 30.3 Å². The van der Waals surface area contributed by atoms with Gasteiger partial charge in [0.2, 0.25) is 5.65 Å². The van der Waals surface area contributed by atoms with Crippen molar-refractivity contribution in [1.82, 2.24) is 20.4 Å². The summed E-state index contributed by atoms with van der Waals surface area (Å²) < 4.78 is 18.1. The summed E-state index contributed by atoms with van der Waals surface area (Å²) in [7, 11) is 1.20. The molecule has 0 spiro atoms. The van der Waals surface area contributed by atoms with Gasteiger partial charge in [0.1, 0.15) is 11.3 Å². The van der Waals surface area contributed by atoms with Gasteiger partial charge >= 0.3 is 5.97 Å². The number of fused-ring (bicyclic) bond motifs is 1. The molecule has 0 amide bonds. The van der Waals surface area contributed by atoms with Gasteiger partial charge in [-0.1, -0.05) is 0 Å². The predicted octanol–water partition coefficient (Wildman–Crippen LogP) is 1.95. The van der Waals surface area contributed by atoms with Gasteiger partial charge in [0.15, 0.2) is 0 Å². The Balaban J connectivity index is 2.11. The second kappa shape index (κ2) is 4.69. The maximum absolute atomic E-state index is 13.6.